The lowest BCUT2D eigenvalue weighted by Gasteiger charge is -2.31. The zero-order valence-corrected chi connectivity index (χ0v) is 11.6. The Kier molecular flexibility index (Phi) is 3.52. The van der Waals surface area contributed by atoms with E-state index in [9.17, 15) is 4.79 Å². The smallest absolute Gasteiger partial charge is 0.189 e. The second-order valence-electron chi connectivity index (χ2n) is 5.72. The summed E-state index contributed by atoms with van der Waals surface area (Å²) in [7, 11) is 2.17. The molecular formula is C17H21NO. The predicted molar refractivity (Wildman–Crippen MR) is 77.4 cm³/mol. The molecule has 1 unspecified atom stereocenters. The van der Waals surface area contributed by atoms with Crippen molar-refractivity contribution in [2.45, 2.75) is 38.1 Å². The van der Waals surface area contributed by atoms with Crippen molar-refractivity contribution >= 4 is 5.78 Å². The molecule has 0 N–H and O–H groups in total. The average molecular weight is 255 g/mol. The van der Waals surface area contributed by atoms with Crippen molar-refractivity contribution in [3.05, 3.63) is 47.0 Å². The minimum Gasteiger partial charge on any atom is -0.300 e. The summed E-state index contributed by atoms with van der Waals surface area (Å²) < 4.78 is 0. The Hall–Kier alpha value is -1.41. The molecular weight excluding hydrogens is 234 g/mol. The van der Waals surface area contributed by atoms with Gasteiger partial charge in [-0.2, -0.15) is 0 Å². The molecule has 0 saturated carbocycles. The number of aryl methyl sites for hydroxylation is 1. The minimum absolute atomic E-state index is 0.251. The first-order valence-corrected chi connectivity index (χ1v) is 7.29. The summed E-state index contributed by atoms with van der Waals surface area (Å²) in [6.45, 7) is 1.15. The van der Waals surface area contributed by atoms with E-state index >= 15 is 0 Å². The summed E-state index contributed by atoms with van der Waals surface area (Å²) in [5.74, 6) is 0.251. The van der Waals surface area contributed by atoms with Crippen LogP contribution in [0.3, 0.4) is 0 Å². The third kappa shape index (κ3) is 2.50. The lowest BCUT2D eigenvalue weighted by atomic mass is 9.85. The zero-order chi connectivity index (χ0) is 13.2. The molecule has 19 heavy (non-hydrogen) atoms. The van der Waals surface area contributed by atoms with Gasteiger partial charge in [0, 0.05) is 11.6 Å². The van der Waals surface area contributed by atoms with E-state index in [1.807, 2.05) is 18.2 Å². The highest BCUT2D eigenvalue weighted by Crippen LogP contribution is 2.27. The van der Waals surface area contributed by atoms with Crippen LogP contribution in [-0.4, -0.2) is 30.3 Å². The van der Waals surface area contributed by atoms with E-state index in [4.69, 9.17) is 0 Å². The Bertz CT molecular complexity index is 518. The maximum absolute atomic E-state index is 12.5. The number of carbonyl (C=O) groups excluding carboxylic acids is 1. The van der Waals surface area contributed by atoms with E-state index in [1.165, 1.54) is 24.8 Å². The van der Waals surface area contributed by atoms with Gasteiger partial charge in [-0.25, -0.2) is 0 Å². The summed E-state index contributed by atoms with van der Waals surface area (Å²) in [5, 5.41) is 0. The van der Waals surface area contributed by atoms with E-state index in [1.54, 1.807) is 0 Å². The van der Waals surface area contributed by atoms with Gasteiger partial charge in [0.15, 0.2) is 5.78 Å². The first-order chi connectivity index (χ1) is 9.25. The third-order valence-corrected chi connectivity index (χ3v) is 4.44. The molecule has 2 aliphatic rings. The Morgan fingerprint density at radius 3 is 2.89 bits per heavy atom. The van der Waals surface area contributed by atoms with Crippen molar-refractivity contribution in [1.82, 2.24) is 4.90 Å². The van der Waals surface area contributed by atoms with E-state index in [0.29, 0.717) is 6.04 Å². The van der Waals surface area contributed by atoms with Crippen LogP contribution in [0.2, 0.25) is 0 Å². The average Bonchev–Trinajstić information content (AvgIpc) is 2.44. The number of hydrogen-bond acceptors (Lipinski definition) is 2. The Balaban J connectivity index is 1.85. The molecule has 0 spiro atoms. The Morgan fingerprint density at radius 2 is 2.05 bits per heavy atom. The summed E-state index contributed by atoms with van der Waals surface area (Å²) >= 11 is 0. The normalized spacial score (nSPS) is 26.5. The van der Waals surface area contributed by atoms with Crippen LogP contribution in [0.15, 0.2) is 35.9 Å². The summed E-state index contributed by atoms with van der Waals surface area (Å²) in [4.78, 5) is 14.9. The second-order valence-corrected chi connectivity index (χ2v) is 5.72. The molecule has 1 saturated heterocycles. The Labute approximate surface area is 115 Å². The summed E-state index contributed by atoms with van der Waals surface area (Å²) in [5.41, 5.74) is 3.15. The van der Waals surface area contributed by atoms with E-state index in [0.717, 1.165) is 30.5 Å². The van der Waals surface area contributed by atoms with Gasteiger partial charge in [-0.1, -0.05) is 36.8 Å². The number of fused-ring (bicyclic) bond motifs is 1. The first-order valence-electron chi connectivity index (χ1n) is 7.29. The zero-order valence-electron chi connectivity index (χ0n) is 11.6. The molecule has 0 amide bonds. The number of benzene rings is 1. The molecule has 1 aromatic carbocycles. The fourth-order valence-electron chi connectivity index (χ4n) is 3.22. The van der Waals surface area contributed by atoms with Gasteiger partial charge in [-0.15, -0.1) is 0 Å². The Morgan fingerprint density at radius 1 is 1.21 bits per heavy atom. The molecule has 3 rings (SSSR count). The number of Topliss-reactive ketones (excluding diaryl/α,β-unsaturated/α-hetero) is 1. The number of nitrogens with zero attached hydrogens (tertiary/aromatic N) is 1. The van der Waals surface area contributed by atoms with Crippen molar-refractivity contribution in [3.63, 3.8) is 0 Å². The summed E-state index contributed by atoms with van der Waals surface area (Å²) in [6.07, 6.45) is 7.90. The molecule has 2 heteroatoms. The predicted octanol–water partition coefficient (Wildman–Crippen LogP) is 3.23. The van der Waals surface area contributed by atoms with Crippen molar-refractivity contribution in [2.75, 3.05) is 13.6 Å². The SMILES string of the molecule is CN1CCCCC1/C=C1\CCc2ccccc2C1=O. The lowest BCUT2D eigenvalue weighted by Crippen LogP contribution is -2.35. The standard InChI is InChI=1S/C17H21NO/c1-18-11-5-4-7-15(18)12-14-10-9-13-6-2-3-8-16(13)17(14)19/h2-3,6,8,12,15H,4-5,7,9-11H2,1H3/b14-12+. The van der Waals surface area contributed by atoms with Gasteiger partial charge in [0.05, 0.1) is 0 Å². The van der Waals surface area contributed by atoms with Crippen LogP contribution in [0.25, 0.3) is 0 Å². The fraction of sp³-hybridized carbons (Fsp3) is 0.471. The van der Waals surface area contributed by atoms with Crippen LogP contribution < -0.4 is 0 Å². The largest absolute Gasteiger partial charge is 0.300 e. The van der Waals surface area contributed by atoms with Gasteiger partial charge in [0.25, 0.3) is 0 Å². The molecule has 1 aliphatic carbocycles. The number of carbonyl (C=O) groups is 1. The summed E-state index contributed by atoms with van der Waals surface area (Å²) in [6, 6.07) is 8.49. The first kappa shape index (κ1) is 12.6. The topological polar surface area (TPSA) is 20.3 Å². The molecule has 0 radical (unpaired) electrons. The van der Waals surface area contributed by atoms with Crippen LogP contribution in [0.4, 0.5) is 0 Å². The maximum atomic E-state index is 12.5. The van der Waals surface area contributed by atoms with E-state index < -0.39 is 0 Å². The molecule has 1 heterocycles. The molecule has 2 nitrogen and oxygen atoms in total. The number of piperidine rings is 1. The molecule has 1 aliphatic heterocycles. The minimum atomic E-state index is 0.251. The number of ketones is 1. The van der Waals surface area contributed by atoms with E-state index in [2.05, 4.69) is 24.1 Å². The van der Waals surface area contributed by atoms with Gasteiger partial charge < -0.3 is 0 Å². The molecule has 0 aromatic heterocycles. The highest BCUT2D eigenvalue weighted by Gasteiger charge is 2.24. The molecule has 1 aromatic rings. The van der Waals surface area contributed by atoms with Crippen LogP contribution in [0.1, 0.15) is 41.6 Å². The number of likely N-dealkylation sites (tertiary alicyclic amines) is 1. The fourth-order valence-corrected chi connectivity index (χ4v) is 3.22. The van der Waals surface area contributed by atoms with Crippen molar-refractivity contribution in [2.24, 2.45) is 0 Å². The highest BCUT2D eigenvalue weighted by molar-refractivity contribution is 6.10. The lowest BCUT2D eigenvalue weighted by molar-refractivity contribution is 0.102. The van der Waals surface area contributed by atoms with Gasteiger partial charge in [0.2, 0.25) is 0 Å². The number of likely N-dealkylation sites (N-methyl/N-ethyl adjacent to an activating group) is 1. The van der Waals surface area contributed by atoms with Gasteiger partial charge >= 0.3 is 0 Å². The van der Waals surface area contributed by atoms with Crippen LogP contribution in [0, 0.1) is 0 Å². The van der Waals surface area contributed by atoms with Crippen molar-refractivity contribution < 1.29 is 4.79 Å². The van der Waals surface area contributed by atoms with Gasteiger partial charge in [0.1, 0.15) is 0 Å². The highest BCUT2D eigenvalue weighted by atomic mass is 16.1. The van der Waals surface area contributed by atoms with Crippen molar-refractivity contribution in [3.8, 4) is 0 Å². The number of hydrogen-bond donors (Lipinski definition) is 0. The second kappa shape index (κ2) is 5.30. The van der Waals surface area contributed by atoms with Crippen LogP contribution in [-0.2, 0) is 6.42 Å². The van der Waals surface area contributed by atoms with Gasteiger partial charge in [-0.3, -0.25) is 9.69 Å². The third-order valence-electron chi connectivity index (χ3n) is 4.44. The molecule has 100 valence electrons. The van der Waals surface area contributed by atoms with Gasteiger partial charge in [-0.05, 0) is 50.4 Å². The van der Waals surface area contributed by atoms with Crippen molar-refractivity contribution in [1.29, 1.82) is 0 Å². The maximum Gasteiger partial charge on any atom is 0.189 e. The monoisotopic (exact) mass is 255 g/mol. The molecule has 0 bridgehead atoms. The number of allylic oxidation sites excluding steroid dienone is 1. The number of rotatable bonds is 1. The van der Waals surface area contributed by atoms with Crippen LogP contribution in [0.5, 0.6) is 0 Å². The quantitative estimate of drug-likeness (QED) is 0.718. The van der Waals surface area contributed by atoms with Crippen LogP contribution >= 0.6 is 0 Å². The van der Waals surface area contributed by atoms with E-state index in [-0.39, 0.29) is 5.78 Å². The molecule has 1 atom stereocenters. The molecule has 1 fully saturated rings.